The lowest BCUT2D eigenvalue weighted by molar-refractivity contribution is 0.121. The van der Waals surface area contributed by atoms with Crippen LogP contribution in [0.1, 0.15) is 16.7 Å². The minimum Gasteiger partial charge on any atom is -0.497 e. The first kappa shape index (κ1) is 19.8. The Kier molecular flexibility index (Phi) is 5.34. The Labute approximate surface area is 176 Å². The highest BCUT2D eigenvalue weighted by Crippen LogP contribution is 2.44. The third-order valence-corrected chi connectivity index (χ3v) is 5.43. The Hall–Kier alpha value is -3.50. The molecule has 0 radical (unpaired) electrons. The van der Waals surface area contributed by atoms with Crippen LogP contribution < -0.4 is 14.2 Å². The van der Waals surface area contributed by atoms with Gasteiger partial charge in [-0.1, -0.05) is 48.5 Å². The first-order valence-electron chi connectivity index (χ1n) is 9.69. The lowest BCUT2D eigenvalue weighted by Gasteiger charge is -2.32. The summed E-state index contributed by atoms with van der Waals surface area (Å²) in [6, 6.07) is 26.8. The number of aliphatic hydroxyl groups is 1. The Bertz CT molecular complexity index is 1130. The van der Waals surface area contributed by atoms with Gasteiger partial charge in [0.05, 0.1) is 21.3 Å². The van der Waals surface area contributed by atoms with Gasteiger partial charge in [0.2, 0.25) is 0 Å². The summed E-state index contributed by atoms with van der Waals surface area (Å²) in [7, 11) is 4.84. The summed E-state index contributed by atoms with van der Waals surface area (Å²) in [4.78, 5) is 0. The molecular weight excluding hydrogens is 376 g/mol. The molecule has 4 aromatic rings. The molecule has 4 heteroatoms. The van der Waals surface area contributed by atoms with Gasteiger partial charge in [-0.3, -0.25) is 0 Å². The van der Waals surface area contributed by atoms with Gasteiger partial charge >= 0.3 is 0 Å². The number of methoxy groups -OCH3 is 3. The largest absolute Gasteiger partial charge is 0.497 e. The highest BCUT2D eigenvalue weighted by Gasteiger charge is 2.37. The molecule has 1 N–H and O–H groups in total. The quantitative estimate of drug-likeness (QED) is 0.455. The third-order valence-electron chi connectivity index (χ3n) is 5.43. The molecule has 4 nitrogen and oxygen atoms in total. The first-order chi connectivity index (χ1) is 14.6. The fourth-order valence-electron chi connectivity index (χ4n) is 3.84. The number of ether oxygens (including phenoxy) is 3. The number of rotatable bonds is 6. The monoisotopic (exact) mass is 400 g/mol. The summed E-state index contributed by atoms with van der Waals surface area (Å²) >= 11 is 0. The fourth-order valence-corrected chi connectivity index (χ4v) is 3.84. The van der Waals surface area contributed by atoms with Gasteiger partial charge < -0.3 is 19.3 Å². The maximum Gasteiger partial charge on any atom is 0.144 e. The van der Waals surface area contributed by atoms with Crippen molar-refractivity contribution in [2.24, 2.45) is 0 Å². The molecule has 0 saturated heterocycles. The molecule has 0 saturated carbocycles. The second-order valence-corrected chi connectivity index (χ2v) is 7.07. The molecular formula is C26H24O4. The molecule has 0 aliphatic heterocycles. The minimum atomic E-state index is -1.49. The molecule has 0 amide bonds. The van der Waals surface area contributed by atoms with Gasteiger partial charge in [-0.25, -0.2) is 0 Å². The molecule has 4 aromatic carbocycles. The van der Waals surface area contributed by atoms with E-state index in [1.807, 2.05) is 84.9 Å². The van der Waals surface area contributed by atoms with Crippen molar-refractivity contribution < 1.29 is 19.3 Å². The molecule has 0 aromatic heterocycles. The van der Waals surface area contributed by atoms with Gasteiger partial charge in [-0.2, -0.15) is 0 Å². The lowest BCUT2D eigenvalue weighted by Crippen LogP contribution is -2.29. The van der Waals surface area contributed by atoms with Crippen molar-refractivity contribution in [3.63, 3.8) is 0 Å². The minimum absolute atomic E-state index is 0.599. The van der Waals surface area contributed by atoms with Gasteiger partial charge in [0.1, 0.15) is 22.8 Å². The van der Waals surface area contributed by atoms with Gasteiger partial charge in [0.25, 0.3) is 0 Å². The second-order valence-electron chi connectivity index (χ2n) is 7.07. The summed E-state index contributed by atoms with van der Waals surface area (Å²) < 4.78 is 16.6. The van der Waals surface area contributed by atoms with Crippen LogP contribution in [0.25, 0.3) is 10.8 Å². The van der Waals surface area contributed by atoms with Crippen LogP contribution in [0.2, 0.25) is 0 Å². The van der Waals surface area contributed by atoms with E-state index in [1.165, 1.54) is 0 Å². The zero-order valence-electron chi connectivity index (χ0n) is 17.3. The second kappa shape index (κ2) is 8.09. The third kappa shape index (κ3) is 3.36. The van der Waals surface area contributed by atoms with Crippen LogP contribution >= 0.6 is 0 Å². The van der Waals surface area contributed by atoms with Crippen molar-refractivity contribution >= 4 is 10.8 Å². The smallest absolute Gasteiger partial charge is 0.144 e. The standard InChI is InChI=1S/C26H24O4/c1-28-22-12-6-10-20(16-22)26(27,21-11-7-13-23(17-21)29-2)24-14-18-8-4-5-9-19(18)15-25(24)30-3/h4-17,27H,1-3H3. The van der Waals surface area contributed by atoms with Crippen molar-refractivity contribution in [3.05, 3.63) is 102 Å². The summed E-state index contributed by atoms with van der Waals surface area (Å²) in [6.07, 6.45) is 0. The highest BCUT2D eigenvalue weighted by molar-refractivity contribution is 5.86. The van der Waals surface area contributed by atoms with Gasteiger partial charge in [-0.15, -0.1) is 0 Å². The van der Waals surface area contributed by atoms with Gasteiger partial charge in [0.15, 0.2) is 0 Å². The van der Waals surface area contributed by atoms with E-state index < -0.39 is 5.60 Å². The molecule has 0 unspecified atom stereocenters. The average molecular weight is 400 g/mol. The van der Waals surface area contributed by atoms with Crippen molar-refractivity contribution in [1.29, 1.82) is 0 Å². The molecule has 0 fully saturated rings. The molecule has 0 bridgehead atoms. The molecule has 0 heterocycles. The van der Waals surface area contributed by atoms with Crippen molar-refractivity contribution in [3.8, 4) is 17.2 Å². The van der Waals surface area contributed by atoms with Crippen LogP contribution in [0.3, 0.4) is 0 Å². The summed E-state index contributed by atoms with van der Waals surface area (Å²) in [5, 5.41) is 14.4. The van der Waals surface area contributed by atoms with E-state index in [4.69, 9.17) is 14.2 Å². The first-order valence-corrected chi connectivity index (χ1v) is 9.69. The van der Waals surface area contributed by atoms with Crippen LogP contribution in [0.4, 0.5) is 0 Å². The summed E-state index contributed by atoms with van der Waals surface area (Å²) in [5.41, 5.74) is 0.496. The van der Waals surface area contributed by atoms with E-state index in [1.54, 1.807) is 21.3 Å². The zero-order chi connectivity index (χ0) is 21.1. The maximum atomic E-state index is 12.3. The van der Waals surface area contributed by atoms with E-state index in [9.17, 15) is 5.11 Å². The Morgan fingerprint density at radius 3 is 1.63 bits per heavy atom. The molecule has 152 valence electrons. The number of hydrogen-bond acceptors (Lipinski definition) is 4. The summed E-state index contributed by atoms with van der Waals surface area (Å²) in [6.45, 7) is 0. The highest BCUT2D eigenvalue weighted by atomic mass is 16.5. The number of fused-ring (bicyclic) bond motifs is 1. The molecule has 0 aliphatic rings. The Balaban J connectivity index is 2.06. The normalized spacial score (nSPS) is 11.3. The predicted octanol–water partition coefficient (Wildman–Crippen LogP) is 5.15. The van der Waals surface area contributed by atoms with Crippen molar-refractivity contribution in [1.82, 2.24) is 0 Å². The number of benzene rings is 4. The topological polar surface area (TPSA) is 47.9 Å². The number of hydrogen-bond donors (Lipinski definition) is 1. The predicted molar refractivity (Wildman–Crippen MR) is 119 cm³/mol. The van der Waals surface area contributed by atoms with E-state index in [0.717, 1.165) is 10.8 Å². The van der Waals surface area contributed by atoms with Crippen LogP contribution in [0.5, 0.6) is 17.2 Å². The van der Waals surface area contributed by atoms with Crippen LogP contribution in [0.15, 0.2) is 84.9 Å². The van der Waals surface area contributed by atoms with E-state index in [-0.39, 0.29) is 0 Å². The SMILES string of the molecule is COc1cccc(C(O)(c2cccc(OC)c2)c2cc3ccccc3cc2OC)c1. The molecule has 0 spiro atoms. The Morgan fingerprint density at radius 1 is 0.600 bits per heavy atom. The molecule has 30 heavy (non-hydrogen) atoms. The van der Waals surface area contributed by atoms with Crippen LogP contribution in [-0.4, -0.2) is 26.4 Å². The van der Waals surface area contributed by atoms with E-state index in [2.05, 4.69) is 0 Å². The molecule has 0 aliphatic carbocycles. The molecule has 4 rings (SSSR count). The molecule has 0 atom stereocenters. The van der Waals surface area contributed by atoms with Crippen LogP contribution in [-0.2, 0) is 5.60 Å². The van der Waals surface area contributed by atoms with Gasteiger partial charge in [0, 0.05) is 5.56 Å². The van der Waals surface area contributed by atoms with Crippen molar-refractivity contribution in [2.75, 3.05) is 21.3 Å². The average Bonchev–Trinajstić information content (AvgIpc) is 2.82. The van der Waals surface area contributed by atoms with Gasteiger partial charge in [-0.05, 0) is 58.3 Å². The summed E-state index contributed by atoms with van der Waals surface area (Å²) in [5.74, 6) is 1.92. The Morgan fingerprint density at radius 2 is 1.13 bits per heavy atom. The van der Waals surface area contributed by atoms with E-state index in [0.29, 0.717) is 33.9 Å². The maximum absolute atomic E-state index is 12.3. The fraction of sp³-hybridized carbons (Fsp3) is 0.154. The van der Waals surface area contributed by atoms with Crippen molar-refractivity contribution in [2.45, 2.75) is 5.60 Å². The zero-order valence-corrected chi connectivity index (χ0v) is 17.3. The lowest BCUT2D eigenvalue weighted by atomic mass is 9.79. The van der Waals surface area contributed by atoms with Crippen LogP contribution in [0, 0.1) is 0 Å². The van der Waals surface area contributed by atoms with E-state index >= 15 is 0 Å².